The van der Waals surface area contributed by atoms with Crippen LogP contribution in [0.5, 0.6) is 0 Å². The Hall–Kier alpha value is -2.43. The average Bonchev–Trinajstić information content (AvgIpc) is 3.48. The van der Waals surface area contributed by atoms with Crippen LogP contribution in [0.25, 0.3) is 22.6 Å². The largest absolute Gasteiger partial charge is 0.469 e. The van der Waals surface area contributed by atoms with Crippen LogP contribution in [-0.4, -0.2) is 31.4 Å². The van der Waals surface area contributed by atoms with E-state index in [2.05, 4.69) is 43.4 Å². The number of rotatable bonds is 8. The van der Waals surface area contributed by atoms with Gasteiger partial charge in [-0.2, -0.15) is 0 Å². The van der Waals surface area contributed by atoms with Crippen molar-refractivity contribution < 1.29 is 9.21 Å². The molecule has 1 aromatic carbocycles. The second kappa shape index (κ2) is 9.80. The van der Waals surface area contributed by atoms with Crippen molar-refractivity contribution in [2.24, 2.45) is 0 Å². The van der Waals surface area contributed by atoms with Gasteiger partial charge in [0.1, 0.15) is 5.76 Å². The van der Waals surface area contributed by atoms with Gasteiger partial charge in [0.25, 0.3) is 0 Å². The van der Waals surface area contributed by atoms with Crippen molar-refractivity contribution in [3.63, 3.8) is 0 Å². The van der Waals surface area contributed by atoms with Gasteiger partial charge < -0.3 is 14.3 Å². The van der Waals surface area contributed by atoms with E-state index >= 15 is 0 Å². The third-order valence-electron chi connectivity index (χ3n) is 4.49. The summed E-state index contributed by atoms with van der Waals surface area (Å²) in [6.45, 7) is 4.76. The van der Waals surface area contributed by atoms with Crippen molar-refractivity contribution in [2.45, 2.75) is 32.0 Å². The topological polar surface area (TPSA) is 85.8 Å². The summed E-state index contributed by atoms with van der Waals surface area (Å²) in [5, 5.41) is 14.7. The van der Waals surface area contributed by atoms with Crippen molar-refractivity contribution in [1.82, 2.24) is 19.7 Å². The Morgan fingerprint density at radius 3 is 2.77 bits per heavy atom. The van der Waals surface area contributed by atoms with Gasteiger partial charge in [-0.25, -0.2) is 4.98 Å². The quantitative estimate of drug-likeness (QED) is 0.294. The summed E-state index contributed by atoms with van der Waals surface area (Å²) in [6.07, 6.45) is 2.58. The van der Waals surface area contributed by atoms with E-state index in [1.165, 1.54) is 23.1 Å². The number of nitrogens with zero attached hydrogens (tertiary/aromatic N) is 4. The summed E-state index contributed by atoms with van der Waals surface area (Å²) >= 11 is 6.20. The van der Waals surface area contributed by atoms with Gasteiger partial charge in [-0.3, -0.25) is 4.79 Å². The van der Waals surface area contributed by atoms with Gasteiger partial charge >= 0.3 is 0 Å². The number of hydrogen-bond donors (Lipinski definition) is 1. The highest BCUT2D eigenvalue weighted by molar-refractivity contribution is 9.10. The number of carbonyl (C=O) groups excluding carboxylic acids is 1. The van der Waals surface area contributed by atoms with Crippen LogP contribution >= 0.6 is 39.0 Å². The molecule has 0 aliphatic heterocycles. The van der Waals surface area contributed by atoms with Gasteiger partial charge in [-0.1, -0.05) is 46.7 Å². The summed E-state index contributed by atoms with van der Waals surface area (Å²) < 4.78 is 8.45. The van der Waals surface area contributed by atoms with E-state index in [0.29, 0.717) is 10.3 Å². The predicted molar refractivity (Wildman–Crippen MR) is 127 cm³/mol. The highest BCUT2D eigenvalue weighted by Gasteiger charge is 2.18. The molecule has 0 bridgehead atoms. The molecule has 0 saturated carbocycles. The molecule has 31 heavy (non-hydrogen) atoms. The lowest BCUT2D eigenvalue weighted by Crippen LogP contribution is -2.14. The molecule has 4 rings (SSSR count). The fourth-order valence-electron chi connectivity index (χ4n) is 3.01. The Morgan fingerprint density at radius 2 is 2.06 bits per heavy atom. The minimum absolute atomic E-state index is 0.131. The number of aromatic nitrogens is 4. The Morgan fingerprint density at radius 1 is 1.26 bits per heavy atom. The highest BCUT2D eigenvalue weighted by atomic mass is 79.9. The monoisotopic (exact) mass is 517 g/mol. The summed E-state index contributed by atoms with van der Waals surface area (Å²) in [7, 11) is 0. The van der Waals surface area contributed by atoms with Crippen LogP contribution in [0, 0.1) is 6.92 Å². The van der Waals surface area contributed by atoms with Crippen LogP contribution < -0.4 is 5.32 Å². The average molecular weight is 518 g/mol. The third-order valence-corrected chi connectivity index (χ3v) is 6.74. The summed E-state index contributed by atoms with van der Waals surface area (Å²) in [4.78, 5) is 17.0. The van der Waals surface area contributed by atoms with Gasteiger partial charge in [0.15, 0.2) is 16.1 Å². The highest BCUT2D eigenvalue weighted by Crippen LogP contribution is 2.28. The summed E-state index contributed by atoms with van der Waals surface area (Å²) in [6, 6.07) is 9.80. The second-order valence-corrected chi connectivity index (χ2v) is 9.45. The number of benzene rings is 1. The van der Waals surface area contributed by atoms with E-state index in [4.69, 9.17) is 4.42 Å². The Balaban J connectivity index is 1.41. The molecular formula is C21H20BrN5O2S2. The maximum Gasteiger partial charge on any atom is 0.236 e. The number of thioether (sulfide) groups is 1. The molecule has 0 aliphatic carbocycles. The molecule has 0 atom stereocenters. The number of amides is 1. The van der Waals surface area contributed by atoms with E-state index in [0.717, 1.165) is 45.8 Å². The lowest BCUT2D eigenvalue weighted by molar-refractivity contribution is -0.113. The molecule has 0 spiro atoms. The molecule has 3 heterocycles. The maximum absolute atomic E-state index is 12.5. The van der Waals surface area contributed by atoms with E-state index < -0.39 is 0 Å². The minimum Gasteiger partial charge on any atom is -0.469 e. The SMILES string of the molecule is CCCn1c(SCC(=O)Nc2nc(-c3ccc(Br)cc3)cs2)nnc1-c1ccoc1C. The molecular weight excluding hydrogens is 498 g/mol. The van der Waals surface area contributed by atoms with Crippen molar-refractivity contribution in [3.8, 4) is 22.6 Å². The van der Waals surface area contributed by atoms with E-state index in [1.54, 1.807) is 6.26 Å². The third kappa shape index (κ3) is 5.08. The summed E-state index contributed by atoms with van der Waals surface area (Å²) in [5.74, 6) is 1.65. The molecule has 0 saturated heterocycles. The lowest BCUT2D eigenvalue weighted by Gasteiger charge is -2.08. The number of nitrogens with one attached hydrogen (secondary N) is 1. The number of aryl methyl sites for hydroxylation is 1. The van der Waals surface area contributed by atoms with Crippen LogP contribution in [0.2, 0.25) is 0 Å². The van der Waals surface area contributed by atoms with Gasteiger partial charge in [-0.05, 0) is 31.5 Å². The fraction of sp³-hybridized carbons (Fsp3) is 0.238. The molecule has 0 aliphatic rings. The van der Waals surface area contributed by atoms with Crippen molar-refractivity contribution in [1.29, 1.82) is 0 Å². The molecule has 7 nitrogen and oxygen atoms in total. The molecule has 0 unspecified atom stereocenters. The number of anilines is 1. The molecule has 0 radical (unpaired) electrons. The Kier molecular flexibility index (Phi) is 6.89. The Labute approximate surface area is 196 Å². The van der Waals surface area contributed by atoms with Gasteiger partial charge in [0.05, 0.1) is 23.3 Å². The first-order chi connectivity index (χ1) is 15.0. The molecule has 0 fully saturated rings. The van der Waals surface area contributed by atoms with Crippen molar-refractivity contribution in [3.05, 3.63) is 52.2 Å². The maximum atomic E-state index is 12.5. The first kappa shape index (κ1) is 21.8. The molecule has 4 aromatic rings. The minimum atomic E-state index is -0.131. The van der Waals surface area contributed by atoms with Crippen molar-refractivity contribution in [2.75, 3.05) is 11.1 Å². The van der Waals surface area contributed by atoms with Crippen LogP contribution in [-0.2, 0) is 11.3 Å². The van der Waals surface area contributed by atoms with Gasteiger partial charge in [0, 0.05) is 22.0 Å². The fourth-order valence-corrected chi connectivity index (χ4v) is 4.77. The van der Waals surface area contributed by atoms with Crippen molar-refractivity contribution >= 4 is 50.1 Å². The first-order valence-electron chi connectivity index (χ1n) is 9.67. The van der Waals surface area contributed by atoms with Crippen LogP contribution in [0.15, 0.2) is 56.0 Å². The second-order valence-electron chi connectivity index (χ2n) is 6.73. The Bertz CT molecular complexity index is 1180. The zero-order chi connectivity index (χ0) is 21.8. The van der Waals surface area contributed by atoms with E-state index in [1.807, 2.05) is 47.2 Å². The molecule has 1 N–H and O–H groups in total. The van der Waals surface area contributed by atoms with E-state index in [-0.39, 0.29) is 11.7 Å². The number of furan rings is 1. The van der Waals surface area contributed by atoms with Crippen LogP contribution in [0.4, 0.5) is 5.13 Å². The number of halogens is 1. The lowest BCUT2D eigenvalue weighted by atomic mass is 10.2. The number of hydrogen-bond acceptors (Lipinski definition) is 7. The van der Waals surface area contributed by atoms with E-state index in [9.17, 15) is 4.79 Å². The number of thiazole rings is 1. The van der Waals surface area contributed by atoms with Crippen LogP contribution in [0.3, 0.4) is 0 Å². The smallest absolute Gasteiger partial charge is 0.236 e. The zero-order valence-electron chi connectivity index (χ0n) is 17.0. The van der Waals surface area contributed by atoms with Gasteiger partial charge in [0.2, 0.25) is 5.91 Å². The predicted octanol–water partition coefficient (Wildman–Crippen LogP) is 5.87. The standard InChI is InChI=1S/C21H20BrN5O2S2/c1-3-9-27-19(16-8-10-29-13(16)2)25-26-21(27)31-12-18(28)24-20-23-17(11-30-20)14-4-6-15(22)7-5-14/h4-8,10-11H,3,9,12H2,1-2H3,(H,23,24,28). The molecule has 160 valence electrons. The molecule has 10 heteroatoms. The normalized spacial score (nSPS) is 11.1. The molecule has 3 aromatic heterocycles. The first-order valence-corrected chi connectivity index (χ1v) is 12.3. The number of carbonyl (C=O) groups is 1. The summed E-state index contributed by atoms with van der Waals surface area (Å²) in [5.41, 5.74) is 2.76. The zero-order valence-corrected chi connectivity index (χ0v) is 20.2. The van der Waals surface area contributed by atoms with Crippen LogP contribution in [0.1, 0.15) is 19.1 Å². The van der Waals surface area contributed by atoms with Gasteiger partial charge in [-0.15, -0.1) is 21.5 Å². The molecule has 1 amide bonds.